The Morgan fingerprint density at radius 1 is 1.04 bits per heavy atom. The highest BCUT2D eigenvalue weighted by Crippen LogP contribution is 2.15. The number of nitrogens with one attached hydrogen (secondary N) is 1. The first-order valence-electron chi connectivity index (χ1n) is 9.36. The van der Waals surface area contributed by atoms with Crippen LogP contribution >= 0.6 is 0 Å². The van der Waals surface area contributed by atoms with Crippen molar-refractivity contribution in [3.05, 3.63) is 59.9 Å². The van der Waals surface area contributed by atoms with Crippen LogP contribution in [0.3, 0.4) is 0 Å². The molecular formula is C21H27N3O. The molecule has 1 N–H and O–H groups in total. The zero-order chi connectivity index (χ0) is 17.3. The fourth-order valence-electron chi connectivity index (χ4n) is 3.26. The summed E-state index contributed by atoms with van der Waals surface area (Å²) < 4.78 is 0. The molecule has 0 atom stereocenters. The minimum absolute atomic E-state index is 0.0647. The second-order valence-corrected chi connectivity index (χ2v) is 6.65. The summed E-state index contributed by atoms with van der Waals surface area (Å²) in [4.78, 5) is 18.9. The molecule has 1 aromatic heterocycles. The van der Waals surface area contributed by atoms with Gasteiger partial charge in [-0.15, -0.1) is 0 Å². The van der Waals surface area contributed by atoms with Gasteiger partial charge >= 0.3 is 0 Å². The molecule has 25 heavy (non-hydrogen) atoms. The molecule has 1 aliphatic heterocycles. The topological polar surface area (TPSA) is 45.2 Å². The van der Waals surface area contributed by atoms with Crippen molar-refractivity contribution in [2.24, 2.45) is 0 Å². The van der Waals surface area contributed by atoms with Crippen LogP contribution in [-0.2, 0) is 6.42 Å². The fraction of sp³-hybridized carbons (Fsp3) is 0.429. The van der Waals surface area contributed by atoms with E-state index in [1.54, 1.807) is 6.20 Å². The maximum absolute atomic E-state index is 12.7. The number of pyridine rings is 1. The molecule has 1 fully saturated rings. The molecule has 0 unspecified atom stereocenters. The summed E-state index contributed by atoms with van der Waals surface area (Å²) in [5.41, 5.74) is 2.88. The van der Waals surface area contributed by atoms with E-state index in [0.29, 0.717) is 5.69 Å². The number of benzene rings is 1. The zero-order valence-electron chi connectivity index (χ0n) is 14.8. The van der Waals surface area contributed by atoms with Crippen LogP contribution in [0.15, 0.2) is 48.7 Å². The van der Waals surface area contributed by atoms with Gasteiger partial charge in [-0.05, 0) is 43.4 Å². The predicted molar refractivity (Wildman–Crippen MR) is 102 cm³/mol. The lowest BCUT2D eigenvalue weighted by molar-refractivity contribution is 0.0756. The number of nitrogens with zero attached hydrogens (tertiary/aromatic N) is 2. The Labute approximate surface area is 150 Å². The molecule has 2 aromatic rings. The minimum Gasteiger partial charge on any atom is -0.385 e. The van der Waals surface area contributed by atoms with Crippen molar-refractivity contribution in [1.29, 1.82) is 0 Å². The molecule has 1 aliphatic rings. The van der Waals surface area contributed by atoms with Gasteiger partial charge in [-0.2, -0.15) is 0 Å². The van der Waals surface area contributed by atoms with Crippen molar-refractivity contribution in [3.8, 4) is 0 Å². The van der Waals surface area contributed by atoms with Crippen LogP contribution in [0.4, 0.5) is 5.69 Å². The van der Waals surface area contributed by atoms with Crippen molar-refractivity contribution < 1.29 is 4.79 Å². The lowest BCUT2D eigenvalue weighted by atomic mass is 10.1. The van der Waals surface area contributed by atoms with E-state index in [4.69, 9.17) is 0 Å². The van der Waals surface area contributed by atoms with Gasteiger partial charge in [0.2, 0.25) is 0 Å². The Bertz CT molecular complexity index is 664. The molecular weight excluding hydrogens is 310 g/mol. The third kappa shape index (κ3) is 5.31. The van der Waals surface area contributed by atoms with Crippen LogP contribution in [-0.4, -0.2) is 35.4 Å². The summed E-state index contributed by atoms with van der Waals surface area (Å²) in [5.74, 6) is 0.0647. The first-order valence-corrected chi connectivity index (χ1v) is 9.36. The molecule has 3 rings (SSSR count). The standard InChI is InChI=1S/C21H27N3O/c25-21(24-15-6-1-2-7-16-24)20-17-19(12-14-23-20)22-13-8-11-18-9-4-3-5-10-18/h3-5,9-10,12,14,17H,1-2,6-8,11,13,15-16H2,(H,22,23). The molecule has 1 saturated heterocycles. The first kappa shape index (κ1) is 17.5. The number of amides is 1. The Balaban J connectivity index is 1.51. The molecule has 1 aromatic carbocycles. The lowest BCUT2D eigenvalue weighted by Crippen LogP contribution is -2.32. The van der Waals surface area contributed by atoms with Crippen molar-refractivity contribution in [3.63, 3.8) is 0 Å². The average molecular weight is 337 g/mol. The number of aromatic nitrogens is 1. The van der Waals surface area contributed by atoms with Crippen molar-refractivity contribution in [2.75, 3.05) is 25.0 Å². The molecule has 2 heterocycles. The second kappa shape index (κ2) is 9.21. The van der Waals surface area contributed by atoms with Crippen LogP contribution in [0.25, 0.3) is 0 Å². The summed E-state index contributed by atoms with van der Waals surface area (Å²) in [6.45, 7) is 2.60. The van der Waals surface area contributed by atoms with Crippen LogP contribution in [0, 0.1) is 0 Å². The van der Waals surface area contributed by atoms with Crippen molar-refractivity contribution >= 4 is 11.6 Å². The highest BCUT2D eigenvalue weighted by atomic mass is 16.2. The Morgan fingerprint density at radius 3 is 2.56 bits per heavy atom. The Kier molecular flexibility index (Phi) is 6.43. The average Bonchev–Trinajstić information content (AvgIpc) is 2.95. The van der Waals surface area contributed by atoms with E-state index >= 15 is 0 Å². The maximum atomic E-state index is 12.7. The maximum Gasteiger partial charge on any atom is 0.272 e. The van der Waals surface area contributed by atoms with Crippen molar-refractivity contribution in [1.82, 2.24) is 9.88 Å². The molecule has 0 spiro atoms. The number of aryl methyl sites for hydroxylation is 1. The van der Waals surface area contributed by atoms with Gasteiger partial charge in [0, 0.05) is 31.5 Å². The first-order chi connectivity index (χ1) is 12.3. The molecule has 1 amide bonds. The van der Waals surface area contributed by atoms with Crippen LogP contribution in [0.1, 0.15) is 48.2 Å². The number of rotatable bonds is 6. The summed E-state index contributed by atoms with van der Waals surface area (Å²) in [6, 6.07) is 14.3. The summed E-state index contributed by atoms with van der Waals surface area (Å²) in [6.07, 6.45) is 8.48. The van der Waals surface area contributed by atoms with Gasteiger partial charge in [0.1, 0.15) is 5.69 Å². The largest absolute Gasteiger partial charge is 0.385 e. The molecule has 4 heteroatoms. The third-order valence-electron chi connectivity index (χ3n) is 4.69. The summed E-state index contributed by atoms with van der Waals surface area (Å²) in [5, 5.41) is 3.41. The number of hydrogen-bond acceptors (Lipinski definition) is 3. The second-order valence-electron chi connectivity index (χ2n) is 6.65. The molecule has 0 aliphatic carbocycles. The number of likely N-dealkylation sites (tertiary alicyclic amines) is 1. The smallest absolute Gasteiger partial charge is 0.272 e. The minimum atomic E-state index is 0.0647. The van der Waals surface area contributed by atoms with Gasteiger partial charge < -0.3 is 10.2 Å². The Morgan fingerprint density at radius 2 is 1.80 bits per heavy atom. The monoisotopic (exact) mass is 337 g/mol. The molecule has 4 nitrogen and oxygen atoms in total. The van der Waals surface area contributed by atoms with E-state index in [9.17, 15) is 4.79 Å². The quantitative estimate of drug-likeness (QED) is 0.806. The molecule has 0 saturated carbocycles. The van der Waals surface area contributed by atoms with Gasteiger partial charge in [-0.3, -0.25) is 9.78 Å². The lowest BCUT2D eigenvalue weighted by Gasteiger charge is -2.20. The van der Waals surface area contributed by atoms with Crippen LogP contribution in [0.5, 0.6) is 0 Å². The van der Waals surface area contributed by atoms with Gasteiger partial charge in [0.25, 0.3) is 5.91 Å². The predicted octanol–water partition coefficient (Wildman–Crippen LogP) is 4.14. The van der Waals surface area contributed by atoms with Crippen LogP contribution < -0.4 is 5.32 Å². The SMILES string of the molecule is O=C(c1cc(NCCCc2ccccc2)ccn1)N1CCCCCC1. The van der Waals surface area contributed by atoms with E-state index in [2.05, 4.69) is 34.6 Å². The van der Waals surface area contributed by atoms with Crippen molar-refractivity contribution in [2.45, 2.75) is 38.5 Å². The number of carbonyl (C=O) groups excluding carboxylic acids is 1. The Hall–Kier alpha value is -2.36. The highest BCUT2D eigenvalue weighted by molar-refractivity contribution is 5.93. The molecule has 0 radical (unpaired) electrons. The third-order valence-corrected chi connectivity index (χ3v) is 4.69. The van der Waals surface area contributed by atoms with Gasteiger partial charge in [0.15, 0.2) is 0 Å². The van der Waals surface area contributed by atoms with Gasteiger partial charge in [-0.25, -0.2) is 0 Å². The summed E-state index contributed by atoms with van der Waals surface area (Å²) in [7, 11) is 0. The van der Waals surface area contributed by atoms with Gasteiger partial charge in [-0.1, -0.05) is 43.2 Å². The van der Waals surface area contributed by atoms with E-state index in [1.165, 1.54) is 18.4 Å². The van der Waals surface area contributed by atoms with E-state index < -0.39 is 0 Å². The van der Waals surface area contributed by atoms with Gasteiger partial charge in [0.05, 0.1) is 0 Å². The van der Waals surface area contributed by atoms with E-state index in [1.807, 2.05) is 23.1 Å². The molecule has 0 bridgehead atoms. The zero-order valence-corrected chi connectivity index (χ0v) is 14.8. The van der Waals surface area contributed by atoms with Crippen LogP contribution in [0.2, 0.25) is 0 Å². The number of carbonyl (C=O) groups is 1. The summed E-state index contributed by atoms with van der Waals surface area (Å²) >= 11 is 0. The molecule has 132 valence electrons. The fourth-order valence-corrected chi connectivity index (χ4v) is 3.26. The number of anilines is 1. The highest BCUT2D eigenvalue weighted by Gasteiger charge is 2.18. The van der Waals surface area contributed by atoms with E-state index in [-0.39, 0.29) is 5.91 Å². The van der Waals surface area contributed by atoms with E-state index in [0.717, 1.165) is 51.0 Å². The number of hydrogen-bond donors (Lipinski definition) is 1. The normalized spacial score (nSPS) is 14.8.